The molecule has 1 heterocycles. The normalized spacial score (nSPS) is 10.3. The molecule has 0 aliphatic heterocycles. The van der Waals surface area contributed by atoms with Gasteiger partial charge in [-0.3, -0.25) is 0 Å². The lowest BCUT2D eigenvalue weighted by Crippen LogP contribution is -2.07. The summed E-state index contributed by atoms with van der Waals surface area (Å²) in [6.45, 7) is 4.29. The van der Waals surface area contributed by atoms with Crippen LogP contribution in [-0.4, -0.2) is 16.5 Å². The smallest absolute Gasteiger partial charge is 0.155 e. The molecule has 0 atom stereocenters. The van der Waals surface area contributed by atoms with Gasteiger partial charge in [0.2, 0.25) is 0 Å². The minimum atomic E-state index is 0.377. The quantitative estimate of drug-likeness (QED) is 0.806. The zero-order valence-corrected chi connectivity index (χ0v) is 12.8. The average molecular weight is 329 g/mol. The molecule has 0 aliphatic rings. The summed E-state index contributed by atoms with van der Waals surface area (Å²) in [4.78, 5) is 8.24. The second-order valence-electron chi connectivity index (χ2n) is 4.05. The molecule has 0 unspecified atom stereocenters. The van der Waals surface area contributed by atoms with E-state index in [1.54, 1.807) is 18.2 Å². The van der Waals surface area contributed by atoms with Gasteiger partial charge in [-0.05, 0) is 30.2 Å². The number of nitrogens with one attached hydrogen (secondary N) is 1. The van der Waals surface area contributed by atoms with E-state index in [9.17, 15) is 0 Å². The standard InChI is InChI=1S/C14H12Cl3N3/c1-2-13-19-12(17)8-14(20-13)18-6-5-9-3-4-10(15)7-11(9)16/h2-4,7-8H,1,5-6H2,(H,18,19,20). The number of hydrogen-bond acceptors (Lipinski definition) is 3. The summed E-state index contributed by atoms with van der Waals surface area (Å²) in [6.07, 6.45) is 2.30. The van der Waals surface area contributed by atoms with Gasteiger partial charge < -0.3 is 5.32 Å². The monoisotopic (exact) mass is 327 g/mol. The molecule has 6 heteroatoms. The third-order valence-corrected chi connectivity index (χ3v) is 3.39. The highest BCUT2D eigenvalue weighted by molar-refractivity contribution is 6.35. The van der Waals surface area contributed by atoms with Crippen LogP contribution in [0, 0.1) is 0 Å². The van der Waals surface area contributed by atoms with Crippen molar-refractivity contribution in [3.8, 4) is 0 Å². The molecule has 2 rings (SSSR count). The Balaban J connectivity index is 1.99. The topological polar surface area (TPSA) is 37.8 Å². The zero-order chi connectivity index (χ0) is 14.5. The number of aromatic nitrogens is 2. The Bertz CT molecular complexity index is 629. The first-order chi connectivity index (χ1) is 9.58. The van der Waals surface area contributed by atoms with Crippen molar-refractivity contribution in [1.29, 1.82) is 0 Å². The first-order valence-electron chi connectivity index (χ1n) is 5.93. The Morgan fingerprint density at radius 1 is 1.15 bits per heavy atom. The van der Waals surface area contributed by atoms with Gasteiger partial charge in [0.1, 0.15) is 11.0 Å². The van der Waals surface area contributed by atoms with E-state index in [-0.39, 0.29) is 0 Å². The lowest BCUT2D eigenvalue weighted by molar-refractivity contribution is 0.996. The first kappa shape index (κ1) is 15.1. The van der Waals surface area contributed by atoms with Crippen LogP contribution in [0.25, 0.3) is 6.08 Å². The van der Waals surface area contributed by atoms with Crippen molar-refractivity contribution < 1.29 is 0 Å². The third-order valence-electron chi connectivity index (χ3n) is 2.61. The molecule has 0 aliphatic carbocycles. The van der Waals surface area contributed by atoms with Crippen molar-refractivity contribution in [2.24, 2.45) is 0 Å². The molecule has 0 spiro atoms. The van der Waals surface area contributed by atoms with Crippen molar-refractivity contribution in [2.75, 3.05) is 11.9 Å². The molecular weight excluding hydrogens is 317 g/mol. The van der Waals surface area contributed by atoms with Crippen molar-refractivity contribution >= 4 is 46.7 Å². The molecule has 0 bridgehead atoms. The van der Waals surface area contributed by atoms with Gasteiger partial charge in [0.15, 0.2) is 5.82 Å². The van der Waals surface area contributed by atoms with Gasteiger partial charge in [-0.15, -0.1) is 0 Å². The predicted molar refractivity (Wildman–Crippen MR) is 85.8 cm³/mol. The lowest BCUT2D eigenvalue weighted by Gasteiger charge is -2.08. The van der Waals surface area contributed by atoms with Crippen LogP contribution in [-0.2, 0) is 6.42 Å². The average Bonchev–Trinajstić information content (AvgIpc) is 2.40. The van der Waals surface area contributed by atoms with Crippen LogP contribution < -0.4 is 5.32 Å². The third kappa shape index (κ3) is 4.10. The molecule has 0 fully saturated rings. The number of anilines is 1. The van der Waals surface area contributed by atoms with E-state index in [1.165, 1.54) is 0 Å². The van der Waals surface area contributed by atoms with Crippen LogP contribution in [0.5, 0.6) is 0 Å². The molecule has 1 N–H and O–H groups in total. The highest BCUT2D eigenvalue weighted by Gasteiger charge is 2.03. The van der Waals surface area contributed by atoms with Crippen LogP contribution >= 0.6 is 34.8 Å². The van der Waals surface area contributed by atoms with E-state index < -0.39 is 0 Å². The number of halogens is 3. The van der Waals surface area contributed by atoms with E-state index in [4.69, 9.17) is 34.8 Å². The molecule has 20 heavy (non-hydrogen) atoms. The summed E-state index contributed by atoms with van der Waals surface area (Å²) in [7, 11) is 0. The van der Waals surface area contributed by atoms with E-state index >= 15 is 0 Å². The predicted octanol–water partition coefficient (Wildman–Crippen LogP) is 4.73. The summed E-state index contributed by atoms with van der Waals surface area (Å²) in [6, 6.07) is 7.13. The molecular formula is C14H12Cl3N3. The van der Waals surface area contributed by atoms with E-state index in [0.717, 1.165) is 12.0 Å². The fourth-order valence-electron chi connectivity index (χ4n) is 1.67. The fraction of sp³-hybridized carbons (Fsp3) is 0.143. The first-order valence-corrected chi connectivity index (χ1v) is 7.06. The van der Waals surface area contributed by atoms with E-state index in [0.29, 0.717) is 33.4 Å². The largest absolute Gasteiger partial charge is 0.370 e. The van der Waals surface area contributed by atoms with E-state index in [1.807, 2.05) is 12.1 Å². The summed E-state index contributed by atoms with van der Waals surface area (Å²) in [5, 5.41) is 4.84. The van der Waals surface area contributed by atoms with Crippen LogP contribution in [0.15, 0.2) is 30.8 Å². The molecule has 0 radical (unpaired) electrons. The van der Waals surface area contributed by atoms with Crippen molar-refractivity contribution in [3.05, 3.63) is 57.4 Å². The van der Waals surface area contributed by atoms with Crippen LogP contribution in [0.2, 0.25) is 15.2 Å². The van der Waals surface area contributed by atoms with E-state index in [2.05, 4.69) is 21.9 Å². The summed E-state index contributed by atoms with van der Waals surface area (Å²) in [5.74, 6) is 1.15. The molecule has 3 nitrogen and oxygen atoms in total. The minimum absolute atomic E-state index is 0.377. The van der Waals surface area contributed by atoms with Gasteiger partial charge in [0.05, 0.1) is 0 Å². The summed E-state index contributed by atoms with van der Waals surface area (Å²) in [5.41, 5.74) is 1.02. The van der Waals surface area contributed by atoms with Crippen LogP contribution in [0.1, 0.15) is 11.4 Å². The van der Waals surface area contributed by atoms with Crippen LogP contribution in [0.4, 0.5) is 5.82 Å². The molecule has 0 amide bonds. The summed E-state index contributed by atoms with van der Waals surface area (Å²) >= 11 is 17.9. The number of nitrogens with zero attached hydrogens (tertiary/aromatic N) is 2. The maximum absolute atomic E-state index is 6.11. The molecule has 1 aromatic carbocycles. The Labute approximate surface area is 132 Å². The van der Waals surface area contributed by atoms with Gasteiger partial charge in [-0.25, -0.2) is 9.97 Å². The number of rotatable bonds is 5. The SMILES string of the molecule is C=Cc1nc(Cl)cc(NCCc2ccc(Cl)cc2Cl)n1. The molecule has 104 valence electrons. The maximum atomic E-state index is 6.11. The Kier molecular flexibility index (Phi) is 5.24. The minimum Gasteiger partial charge on any atom is -0.370 e. The fourth-order valence-corrected chi connectivity index (χ4v) is 2.36. The molecule has 2 aromatic rings. The van der Waals surface area contributed by atoms with Gasteiger partial charge >= 0.3 is 0 Å². The Morgan fingerprint density at radius 2 is 1.95 bits per heavy atom. The van der Waals surface area contributed by atoms with Crippen molar-refractivity contribution in [3.63, 3.8) is 0 Å². The van der Waals surface area contributed by atoms with Crippen molar-refractivity contribution in [1.82, 2.24) is 9.97 Å². The van der Waals surface area contributed by atoms with Crippen molar-refractivity contribution in [2.45, 2.75) is 6.42 Å². The second-order valence-corrected chi connectivity index (χ2v) is 5.28. The van der Waals surface area contributed by atoms with Gasteiger partial charge in [-0.2, -0.15) is 0 Å². The lowest BCUT2D eigenvalue weighted by atomic mass is 10.1. The highest BCUT2D eigenvalue weighted by Crippen LogP contribution is 2.21. The molecule has 0 saturated carbocycles. The molecule has 1 aromatic heterocycles. The van der Waals surface area contributed by atoms with Gasteiger partial charge in [0.25, 0.3) is 0 Å². The Hall–Kier alpha value is -1.29. The van der Waals surface area contributed by atoms with Gasteiger partial charge in [0, 0.05) is 22.7 Å². The number of hydrogen-bond donors (Lipinski definition) is 1. The van der Waals surface area contributed by atoms with Crippen LogP contribution in [0.3, 0.4) is 0 Å². The molecule has 0 saturated heterocycles. The maximum Gasteiger partial charge on any atom is 0.155 e. The zero-order valence-electron chi connectivity index (χ0n) is 10.5. The number of benzene rings is 1. The Morgan fingerprint density at radius 3 is 2.65 bits per heavy atom. The summed E-state index contributed by atoms with van der Waals surface area (Å²) < 4.78 is 0. The second kappa shape index (κ2) is 6.93. The van der Waals surface area contributed by atoms with Gasteiger partial charge in [-0.1, -0.05) is 47.4 Å². The highest BCUT2D eigenvalue weighted by atomic mass is 35.5.